The number of aromatic hydroxyl groups is 1. The van der Waals surface area contributed by atoms with E-state index in [1.807, 2.05) is 54.6 Å². The number of nitrogens with one attached hydrogen (secondary N) is 2. The van der Waals surface area contributed by atoms with Crippen LogP contribution in [-0.4, -0.2) is 41.2 Å². The Balaban J connectivity index is 1.41. The van der Waals surface area contributed by atoms with Gasteiger partial charge in [-0.1, -0.05) is 54.6 Å². The predicted molar refractivity (Wildman–Crippen MR) is 121 cm³/mol. The minimum absolute atomic E-state index is 0.168. The van der Waals surface area contributed by atoms with Gasteiger partial charge in [0.25, 0.3) is 0 Å². The van der Waals surface area contributed by atoms with Crippen LogP contribution in [0.2, 0.25) is 0 Å². The second kappa shape index (κ2) is 11.3. The van der Waals surface area contributed by atoms with E-state index in [2.05, 4.69) is 10.6 Å². The molecule has 0 heterocycles. The monoisotopic (exact) mass is 420 g/mol. The number of aldehydes is 1. The summed E-state index contributed by atoms with van der Waals surface area (Å²) in [5.41, 5.74) is 3.47. The lowest BCUT2D eigenvalue weighted by Crippen LogP contribution is -2.24. The smallest absolute Gasteiger partial charge is 0.153 e. The van der Waals surface area contributed by atoms with Crippen LogP contribution in [0.3, 0.4) is 0 Å². The molecule has 0 spiro atoms. The minimum Gasteiger partial charge on any atom is -0.507 e. The zero-order chi connectivity index (χ0) is 22.1. The number of rotatable bonds is 11. The minimum atomic E-state index is -0.900. The number of carbonyl (C=O) groups is 1. The molecule has 6 heteroatoms. The van der Waals surface area contributed by atoms with Gasteiger partial charge >= 0.3 is 0 Å². The molecule has 2 atom stereocenters. The van der Waals surface area contributed by atoms with E-state index in [0.29, 0.717) is 24.9 Å². The molecule has 0 amide bonds. The van der Waals surface area contributed by atoms with E-state index in [1.54, 1.807) is 12.1 Å². The zero-order valence-corrected chi connectivity index (χ0v) is 17.2. The highest BCUT2D eigenvalue weighted by Crippen LogP contribution is 2.26. The quantitative estimate of drug-likeness (QED) is 0.241. The maximum absolute atomic E-state index is 10.9. The lowest BCUT2D eigenvalue weighted by molar-refractivity contribution is 0.112. The van der Waals surface area contributed by atoms with Crippen LogP contribution >= 0.6 is 0 Å². The lowest BCUT2D eigenvalue weighted by Gasteiger charge is -2.15. The fourth-order valence-corrected chi connectivity index (χ4v) is 3.32. The Bertz CT molecular complexity index is 961. The predicted octanol–water partition coefficient (Wildman–Crippen LogP) is 3.22. The van der Waals surface area contributed by atoms with Crippen molar-refractivity contribution in [1.29, 1.82) is 0 Å². The molecule has 31 heavy (non-hydrogen) atoms. The van der Waals surface area contributed by atoms with E-state index < -0.39 is 12.2 Å². The van der Waals surface area contributed by atoms with Crippen molar-refractivity contribution in [2.75, 3.05) is 25.0 Å². The molecular formula is C25H28N2O4. The number of benzene rings is 3. The molecule has 2 unspecified atom stereocenters. The van der Waals surface area contributed by atoms with Crippen LogP contribution in [0.15, 0.2) is 72.8 Å². The number of hydrogen-bond donors (Lipinski definition) is 5. The Morgan fingerprint density at radius 1 is 0.839 bits per heavy atom. The van der Waals surface area contributed by atoms with Crippen molar-refractivity contribution in [3.63, 3.8) is 0 Å². The molecule has 0 aromatic heterocycles. The van der Waals surface area contributed by atoms with E-state index in [-0.39, 0.29) is 17.9 Å². The third-order valence-electron chi connectivity index (χ3n) is 5.15. The molecule has 3 aromatic rings. The lowest BCUT2D eigenvalue weighted by atomic mass is 10.0. The first-order valence-corrected chi connectivity index (χ1v) is 10.3. The summed E-state index contributed by atoms with van der Waals surface area (Å²) < 4.78 is 0. The second-order valence-corrected chi connectivity index (χ2v) is 7.38. The van der Waals surface area contributed by atoms with Crippen molar-refractivity contribution < 1.29 is 20.1 Å². The molecule has 0 aliphatic rings. The van der Waals surface area contributed by atoms with Gasteiger partial charge in [-0.3, -0.25) is 4.79 Å². The molecule has 0 saturated heterocycles. The average Bonchev–Trinajstić information content (AvgIpc) is 2.81. The van der Waals surface area contributed by atoms with Gasteiger partial charge < -0.3 is 26.0 Å². The van der Waals surface area contributed by atoms with E-state index in [4.69, 9.17) is 0 Å². The summed E-state index contributed by atoms with van der Waals surface area (Å²) in [5.74, 6) is -0.174. The fraction of sp³-hybridized carbons (Fsp3) is 0.240. The number of para-hydroxylation sites is 1. The molecule has 0 saturated carbocycles. The maximum Gasteiger partial charge on any atom is 0.153 e. The number of aliphatic hydroxyl groups excluding tert-OH is 2. The first-order valence-electron chi connectivity index (χ1n) is 10.3. The van der Waals surface area contributed by atoms with Crippen LogP contribution < -0.4 is 10.6 Å². The van der Waals surface area contributed by atoms with E-state index in [9.17, 15) is 20.1 Å². The molecule has 0 aliphatic heterocycles. The third-order valence-corrected chi connectivity index (χ3v) is 5.15. The molecule has 0 aliphatic carbocycles. The Morgan fingerprint density at radius 2 is 1.58 bits per heavy atom. The summed E-state index contributed by atoms with van der Waals surface area (Å²) in [6.07, 6.45) is -0.120. The molecule has 0 radical (unpaired) electrons. The molecule has 0 bridgehead atoms. The third kappa shape index (κ3) is 6.39. The second-order valence-electron chi connectivity index (χ2n) is 7.38. The zero-order valence-electron chi connectivity index (χ0n) is 17.2. The van der Waals surface area contributed by atoms with Gasteiger partial charge in [0.2, 0.25) is 0 Å². The van der Waals surface area contributed by atoms with Gasteiger partial charge in [0.1, 0.15) is 5.75 Å². The number of anilines is 1. The van der Waals surface area contributed by atoms with Crippen molar-refractivity contribution in [1.82, 2.24) is 5.32 Å². The number of carbonyl (C=O) groups excluding carboxylic acids is 1. The van der Waals surface area contributed by atoms with Crippen molar-refractivity contribution in [3.05, 3.63) is 95.1 Å². The number of phenols is 1. The normalized spacial score (nSPS) is 12.8. The van der Waals surface area contributed by atoms with Crippen molar-refractivity contribution in [2.45, 2.75) is 18.6 Å². The number of aliphatic hydroxyl groups is 2. The highest BCUT2D eigenvalue weighted by atomic mass is 16.3. The molecule has 0 fully saturated rings. The first-order chi connectivity index (χ1) is 15.1. The van der Waals surface area contributed by atoms with E-state index in [1.165, 1.54) is 6.07 Å². The Morgan fingerprint density at radius 3 is 2.29 bits per heavy atom. The van der Waals surface area contributed by atoms with Crippen LogP contribution in [0, 0.1) is 0 Å². The summed E-state index contributed by atoms with van der Waals surface area (Å²) in [7, 11) is 0. The Labute approximate surface area is 182 Å². The topological polar surface area (TPSA) is 102 Å². The van der Waals surface area contributed by atoms with Gasteiger partial charge in [-0.2, -0.15) is 0 Å². The molecular weight excluding hydrogens is 392 g/mol. The van der Waals surface area contributed by atoms with Crippen molar-refractivity contribution in [3.8, 4) is 5.75 Å². The molecule has 162 valence electrons. The summed E-state index contributed by atoms with van der Waals surface area (Å²) in [6, 6.07) is 22.3. The number of phenolic OH excluding ortho intramolecular Hbond substituents is 1. The highest BCUT2D eigenvalue weighted by Gasteiger charge is 2.14. The van der Waals surface area contributed by atoms with Crippen LogP contribution in [0.1, 0.15) is 39.3 Å². The summed E-state index contributed by atoms with van der Waals surface area (Å²) in [6.45, 7) is 1.36. The van der Waals surface area contributed by atoms with Gasteiger partial charge in [-0.25, -0.2) is 0 Å². The van der Waals surface area contributed by atoms with Gasteiger partial charge in [0, 0.05) is 24.3 Å². The average molecular weight is 421 g/mol. The van der Waals surface area contributed by atoms with Crippen LogP contribution in [-0.2, 0) is 6.42 Å². The summed E-state index contributed by atoms with van der Waals surface area (Å²) >= 11 is 0. The maximum atomic E-state index is 10.9. The Hall–Kier alpha value is -3.19. The standard InChI is InChI=1S/C25H28N2O4/c28-17-20-7-4-8-22(25(20)31)24(30)15-26-14-13-18-9-11-21(12-10-18)27-16-23(29)19-5-2-1-3-6-19/h1-12,17,23-24,26-27,29-31H,13-16H2. The Kier molecular flexibility index (Phi) is 8.18. The molecule has 3 aromatic carbocycles. The molecule has 3 rings (SSSR count). The molecule has 5 N–H and O–H groups in total. The van der Waals surface area contributed by atoms with E-state index >= 15 is 0 Å². The number of hydrogen-bond acceptors (Lipinski definition) is 6. The van der Waals surface area contributed by atoms with Gasteiger partial charge in [0.05, 0.1) is 17.8 Å². The van der Waals surface area contributed by atoms with Gasteiger partial charge in [-0.15, -0.1) is 0 Å². The van der Waals surface area contributed by atoms with Crippen LogP contribution in [0.5, 0.6) is 5.75 Å². The van der Waals surface area contributed by atoms with Crippen molar-refractivity contribution >= 4 is 12.0 Å². The SMILES string of the molecule is O=Cc1cccc(C(O)CNCCc2ccc(NCC(O)c3ccccc3)cc2)c1O. The highest BCUT2D eigenvalue weighted by molar-refractivity contribution is 5.80. The van der Waals surface area contributed by atoms with Gasteiger partial charge in [0.15, 0.2) is 6.29 Å². The van der Waals surface area contributed by atoms with Gasteiger partial charge in [-0.05, 0) is 42.3 Å². The summed E-state index contributed by atoms with van der Waals surface area (Å²) in [4.78, 5) is 10.9. The fourth-order valence-electron chi connectivity index (χ4n) is 3.32. The van der Waals surface area contributed by atoms with E-state index in [0.717, 1.165) is 23.2 Å². The van der Waals surface area contributed by atoms with Crippen LogP contribution in [0.4, 0.5) is 5.69 Å². The van der Waals surface area contributed by atoms with Crippen LogP contribution in [0.25, 0.3) is 0 Å². The summed E-state index contributed by atoms with van der Waals surface area (Å²) in [5, 5.41) is 36.9. The first kappa shape index (κ1) is 22.5. The molecule has 6 nitrogen and oxygen atoms in total. The largest absolute Gasteiger partial charge is 0.507 e. The van der Waals surface area contributed by atoms with Crippen molar-refractivity contribution in [2.24, 2.45) is 0 Å².